The highest BCUT2D eigenvalue weighted by molar-refractivity contribution is 5.91. The Morgan fingerprint density at radius 1 is 1.33 bits per heavy atom. The minimum Gasteiger partial charge on any atom is -0.477 e. The van der Waals surface area contributed by atoms with Gasteiger partial charge in [-0.3, -0.25) is 0 Å². The van der Waals surface area contributed by atoms with Gasteiger partial charge in [0, 0.05) is 5.39 Å². The molecule has 0 saturated carbocycles. The maximum atomic E-state index is 10.8. The summed E-state index contributed by atoms with van der Waals surface area (Å²) in [4.78, 5) is 14.7. The summed E-state index contributed by atoms with van der Waals surface area (Å²) in [5, 5.41) is 18.7. The Kier molecular flexibility index (Phi) is 2.35. The van der Waals surface area contributed by atoms with Crippen molar-refractivity contribution in [2.75, 3.05) is 0 Å². The Labute approximate surface area is 85.8 Å². The summed E-state index contributed by atoms with van der Waals surface area (Å²) in [6, 6.07) is 8.52. The molecule has 2 rings (SSSR count). The molecule has 0 amide bonds. The van der Waals surface area contributed by atoms with Crippen molar-refractivity contribution in [1.29, 1.82) is 0 Å². The van der Waals surface area contributed by atoms with Crippen LogP contribution in [0.5, 0.6) is 0 Å². The summed E-state index contributed by atoms with van der Waals surface area (Å²) in [6.45, 7) is -0.191. The standard InChI is InChI=1S/C11H9NO3/c13-6-7-5-10(11(14)15)12-9-4-2-1-3-8(7)9/h1-5,13H,6H2,(H,14,15). The summed E-state index contributed by atoms with van der Waals surface area (Å²) in [5.74, 6) is -1.09. The number of rotatable bonds is 2. The Hall–Kier alpha value is -1.94. The normalized spacial score (nSPS) is 10.5. The highest BCUT2D eigenvalue weighted by Crippen LogP contribution is 2.18. The number of hydrogen-bond donors (Lipinski definition) is 2. The lowest BCUT2D eigenvalue weighted by Crippen LogP contribution is -2.02. The molecule has 0 bridgehead atoms. The first kappa shape index (κ1) is 9.61. The van der Waals surface area contributed by atoms with E-state index in [1.165, 1.54) is 6.07 Å². The number of pyridine rings is 1. The first-order valence-corrected chi connectivity index (χ1v) is 4.45. The molecule has 0 aliphatic rings. The van der Waals surface area contributed by atoms with Gasteiger partial charge in [-0.05, 0) is 17.7 Å². The van der Waals surface area contributed by atoms with Crippen LogP contribution in [0.2, 0.25) is 0 Å². The quantitative estimate of drug-likeness (QED) is 0.774. The third-order valence-electron chi connectivity index (χ3n) is 2.19. The number of carboxylic acid groups (broad SMARTS) is 1. The molecule has 0 fully saturated rings. The molecule has 2 N–H and O–H groups in total. The average molecular weight is 203 g/mol. The maximum absolute atomic E-state index is 10.8. The van der Waals surface area contributed by atoms with Gasteiger partial charge >= 0.3 is 5.97 Å². The van der Waals surface area contributed by atoms with Crippen LogP contribution in [0, 0.1) is 0 Å². The van der Waals surface area contributed by atoms with E-state index in [-0.39, 0.29) is 12.3 Å². The van der Waals surface area contributed by atoms with E-state index in [2.05, 4.69) is 4.98 Å². The molecule has 0 radical (unpaired) electrons. The topological polar surface area (TPSA) is 70.4 Å². The van der Waals surface area contributed by atoms with Gasteiger partial charge in [0.05, 0.1) is 12.1 Å². The lowest BCUT2D eigenvalue weighted by molar-refractivity contribution is 0.0690. The molecule has 1 aromatic carbocycles. The van der Waals surface area contributed by atoms with E-state index in [0.29, 0.717) is 11.1 Å². The number of nitrogens with zero attached hydrogens (tertiary/aromatic N) is 1. The second-order valence-corrected chi connectivity index (χ2v) is 3.15. The van der Waals surface area contributed by atoms with Gasteiger partial charge < -0.3 is 10.2 Å². The van der Waals surface area contributed by atoms with Crippen LogP contribution in [0.15, 0.2) is 30.3 Å². The average Bonchev–Trinajstić information content (AvgIpc) is 2.27. The summed E-state index contributed by atoms with van der Waals surface area (Å²) in [5.41, 5.74) is 1.12. The van der Waals surface area contributed by atoms with Crippen molar-refractivity contribution in [3.63, 3.8) is 0 Å². The van der Waals surface area contributed by atoms with Crippen LogP contribution < -0.4 is 0 Å². The van der Waals surface area contributed by atoms with E-state index in [0.717, 1.165) is 5.39 Å². The van der Waals surface area contributed by atoms with Crippen molar-refractivity contribution in [3.05, 3.63) is 41.6 Å². The van der Waals surface area contributed by atoms with Crippen molar-refractivity contribution in [1.82, 2.24) is 4.98 Å². The van der Waals surface area contributed by atoms with E-state index in [1.54, 1.807) is 18.2 Å². The molecule has 4 heteroatoms. The molecule has 4 nitrogen and oxygen atoms in total. The largest absolute Gasteiger partial charge is 0.477 e. The third-order valence-corrected chi connectivity index (χ3v) is 2.19. The van der Waals surface area contributed by atoms with E-state index >= 15 is 0 Å². The minimum absolute atomic E-state index is 0.0437. The third kappa shape index (κ3) is 1.67. The zero-order valence-electron chi connectivity index (χ0n) is 7.84. The Bertz CT molecular complexity index is 522. The Morgan fingerprint density at radius 2 is 2.07 bits per heavy atom. The molecule has 1 aromatic heterocycles. The van der Waals surface area contributed by atoms with Gasteiger partial charge in [-0.1, -0.05) is 18.2 Å². The Morgan fingerprint density at radius 3 is 2.73 bits per heavy atom. The number of para-hydroxylation sites is 1. The van der Waals surface area contributed by atoms with Gasteiger partial charge in [-0.15, -0.1) is 0 Å². The number of aromatic carboxylic acids is 1. The highest BCUT2D eigenvalue weighted by Gasteiger charge is 2.09. The number of benzene rings is 1. The zero-order chi connectivity index (χ0) is 10.8. The second kappa shape index (κ2) is 3.67. The predicted molar refractivity (Wildman–Crippen MR) is 54.6 cm³/mol. The van der Waals surface area contributed by atoms with Crippen LogP contribution in [-0.4, -0.2) is 21.2 Å². The molecular weight excluding hydrogens is 194 g/mol. The molecule has 2 aromatic rings. The molecule has 1 heterocycles. The van der Waals surface area contributed by atoms with Crippen LogP contribution in [0.3, 0.4) is 0 Å². The van der Waals surface area contributed by atoms with E-state index in [1.807, 2.05) is 6.07 Å². The lowest BCUT2D eigenvalue weighted by atomic mass is 10.1. The van der Waals surface area contributed by atoms with Crippen LogP contribution in [0.4, 0.5) is 0 Å². The van der Waals surface area contributed by atoms with Gasteiger partial charge in [-0.25, -0.2) is 9.78 Å². The molecule has 0 unspecified atom stereocenters. The minimum atomic E-state index is -1.09. The fourth-order valence-electron chi connectivity index (χ4n) is 1.49. The van der Waals surface area contributed by atoms with Crippen molar-refractivity contribution in [3.8, 4) is 0 Å². The van der Waals surface area contributed by atoms with Crippen LogP contribution in [-0.2, 0) is 6.61 Å². The summed E-state index contributed by atoms with van der Waals surface area (Å²) in [7, 11) is 0. The number of hydrogen-bond acceptors (Lipinski definition) is 3. The number of aromatic nitrogens is 1. The van der Waals surface area contributed by atoms with E-state index in [4.69, 9.17) is 10.2 Å². The molecule has 0 aliphatic carbocycles. The van der Waals surface area contributed by atoms with Gasteiger partial charge in [0.15, 0.2) is 0 Å². The number of carbonyl (C=O) groups is 1. The first-order chi connectivity index (χ1) is 7.22. The zero-order valence-corrected chi connectivity index (χ0v) is 7.84. The van der Waals surface area contributed by atoms with Gasteiger partial charge in [0.1, 0.15) is 5.69 Å². The highest BCUT2D eigenvalue weighted by atomic mass is 16.4. The monoisotopic (exact) mass is 203 g/mol. The van der Waals surface area contributed by atoms with Crippen molar-refractivity contribution >= 4 is 16.9 Å². The number of aliphatic hydroxyl groups excluding tert-OH is 1. The van der Waals surface area contributed by atoms with Crippen LogP contribution in [0.1, 0.15) is 16.1 Å². The van der Waals surface area contributed by atoms with E-state index < -0.39 is 5.97 Å². The number of carboxylic acids is 1. The van der Waals surface area contributed by atoms with Crippen LogP contribution in [0.25, 0.3) is 10.9 Å². The first-order valence-electron chi connectivity index (χ1n) is 4.45. The Balaban J connectivity index is 2.77. The summed E-state index contributed by atoms with van der Waals surface area (Å²) >= 11 is 0. The smallest absolute Gasteiger partial charge is 0.354 e. The SMILES string of the molecule is O=C(O)c1cc(CO)c2ccccc2n1. The summed E-state index contributed by atoms with van der Waals surface area (Å²) < 4.78 is 0. The van der Waals surface area contributed by atoms with Crippen LogP contribution >= 0.6 is 0 Å². The van der Waals surface area contributed by atoms with Gasteiger partial charge in [-0.2, -0.15) is 0 Å². The molecule has 0 saturated heterocycles. The van der Waals surface area contributed by atoms with Crippen molar-refractivity contribution in [2.24, 2.45) is 0 Å². The number of aliphatic hydroxyl groups is 1. The molecule has 0 atom stereocenters. The number of fused-ring (bicyclic) bond motifs is 1. The molecule has 15 heavy (non-hydrogen) atoms. The predicted octanol–water partition coefficient (Wildman–Crippen LogP) is 1.43. The molecule has 76 valence electrons. The summed E-state index contributed by atoms with van der Waals surface area (Å²) in [6.07, 6.45) is 0. The van der Waals surface area contributed by atoms with Crippen molar-refractivity contribution < 1.29 is 15.0 Å². The second-order valence-electron chi connectivity index (χ2n) is 3.15. The van der Waals surface area contributed by atoms with Gasteiger partial charge in [0.25, 0.3) is 0 Å². The maximum Gasteiger partial charge on any atom is 0.354 e. The van der Waals surface area contributed by atoms with E-state index in [9.17, 15) is 4.79 Å². The van der Waals surface area contributed by atoms with Crippen molar-refractivity contribution in [2.45, 2.75) is 6.61 Å². The molecular formula is C11H9NO3. The molecule has 0 spiro atoms. The van der Waals surface area contributed by atoms with Gasteiger partial charge in [0.2, 0.25) is 0 Å². The lowest BCUT2D eigenvalue weighted by Gasteiger charge is -2.04. The fraction of sp³-hybridized carbons (Fsp3) is 0.0909. The fourth-order valence-corrected chi connectivity index (χ4v) is 1.49. The molecule has 0 aliphatic heterocycles.